The van der Waals surface area contributed by atoms with Gasteiger partial charge in [-0.2, -0.15) is 0 Å². The Labute approximate surface area is 109 Å². The summed E-state index contributed by atoms with van der Waals surface area (Å²) in [5.74, 6) is -1.81. The maximum absolute atomic E-state index is 13.6. The Morgan fingerprint density at radius 3 is 2.58 bits per heavy atom. The number of rotatable bonds is 6. The zero-order chi connectivity index (χ0) is 14.6. The molecule has 0 bridgehead atoms. The average Bonchev–Trinajstić information content (AvgIpc) is 2.29. The van der Waals surface area contributed by atoms with Gasteiger partial charge < -0.3 is 10.4 Å². The smallest absolute Gasteiger partial charge is 0.326 e. The van der Waals surface area contributed by atoms with Crippen LogP contribution in [0.4, 0.5) is 15.8 Å². The maximum atomic E-state index is 13.6. The number of carboxylic acid groups (broad SMARTS) is 1. The first-order valence-corrected chi connectivity index (χ1v) is 5.74. The van der Waals surface area contributed by atoms with Crippen LogP contribution in [0.1, 0.15) is 20.3 Å². The topological polar surface area (TPSA) is 92.5 Å². The molecular formula is C12H15FN2O4. The van der Waals surface area contributed by atoms with E-state index < -0.39 is 22.8 Å². The molecular weight excluding hydrogens is 255 g/mol. The molecule has 0 spiro atoms. The number of aliphatic carboxylic acids is 1. The average molecular weight is 270 g/mol. The SMILES string of the molecule is CC(C)CC(Nc1ccc([N+](=O)[O-])cc1F)C(=O)O. The van der Waals surface area contributed by atoms with Crippen LogP contribution in [-0.4, -0.2) is 22.0 Å². The molecule has 6 nitrogen and oxygen atoms in total. The Morgan fingerprint density at radius 2 is 2.16 bits per heavy atom. The van der Waals surface area contributed by atoms with Crippen molar-refractivity contribution in [3.8, 4) is 0 Å². The van der Waals surface area contributed by atoms with Crippen LogP contribution in [0.25, 0.3) is 0 Å². The van der Waals surface area contributed by atoms with Crippen molar-refractivity contribution in [2.75, 3.05) is 5.32 Å². The van der Waals surface area contributed by atoms with E-state index in [1.54, 1.807) is 0 Å². The third-order valence-electron chi connectivity index (χ3n) is 2.50. The van der Waals surface area contributed by atoms with Crippen LogP contribution < -0.4 is 5.32 Å². The van der Waals surface area contributed by atoms with Gasteiger partial charge in [0.25, 0.3) is 5.69 Å². The lowest BCUT2D eigenvalue weighted by atomic mass is 10.0. The van der Waals surface area contributed by atoms with Gasteiger partial charge in [0, 0.05) is 6.07 Å². The number of carboxylic acids is 1. The van der Waals surface area contributed by atoms with Gasteiger partial charge in [-0.15, -0.1) is 0 Å². The monoisotopic (exact) mass is 270 g/mol. The number of non-ortho nitro benzene ring substituents is 1. The lowest BCUT2D eigenvalue weighted by molar-refractivity contribution is -0.385. The summed E-state index contributed by atoms with van der Waals surface area (Å²) >= 11 is 0. The number of nitrogens with zero attached hydrogens (tertiary/aromatic N) is 1. The fourth-order valence-corrected chi connectivity index (χ4v) is 1.62. The molecule has 1 rings (SSSR count). The highest BCUT2D eigenvalue weighted by Crippen LogP contribution is 2.22. The van der Waals surface area contributed by atoms with Crippen LogP contribution in [0.5, 0.6) is 0 Å². The normalized spacial score (nSPS) is 12.2. The van der Waals surface area contributed by atoms with Crippen molar-refractivity contribution in [1.29, 1.82) is 0 Å². The third-order valence-corrected chi connectivity index (χ3v) is 2.50. The second-order valence-electron chi connectivity index (χ2n) is 4.59. The summed E-state index contributed by atoms with van der Waals surface area (Å²) < 4.78 is 13.6. The van der Waals surface area contributed by atoms with Crippen LogP contribution in [0.2, 0.25) is 0 Å². The van der Waals surface area contributed by atoms with Gasteiger partial charge >= 0.3 is 5.97 Å². The van der Waals surface area contributed by atoms with Gasteiger partial charge in [-0.25, -0.2) is 9.18 Å². The van der Waals surface area contributed by atoms with E-state index in [-0.39, 0.29) is 17.3 Å². The molecule has 1 atom stereocenters. The summed E-state index contributed by atoms with van der Waals surface area (Å²) in [6.07, 6.45) is 0.325. The van der Waals surface area contributed by atoms with Crippen LogP contribution in [0.15, 0.2) is 18.2 Å². The molecule has 0 heterocycles. The predicted molar refractivity (Wildman–Crippen MR) is 67.6 cm³/mol. The predicted octanol–water partition coefficient (Wildman–Crippen LogP) is 2.65. The van der Waals surface area contributed by atoms with E-state index in [0.29, 0.717) is 6.42 Å². The molecule has 0 amide bonds. The standard InChI is InChI=1S/C12H15FN2O4/c1-7(2)5-11(12(16)17)14-10-4-3-8(15(18)19)6-9(10)13/h3-4,6-7,11,14H,5H2,1-2H3,(H,16,17). The summed E-state index contributed by atoms with van der Waals surface area (Å²) in [4.78, 5) is 20.8. The second-order valence-corrected chi connectivity index (χ2v) is 4.59. The quantitative estimate of drug-likeness (QED) is 0.612. The molecule has 7 heteroatoms. The molecule has 0 saturated carbocycles. The van der Waals surface area contributed by atoms with Crippen LogP contribution in [0, 0.1) is 21.8 Å². The Balaban J connectivity index is 2.91. The molecule has 0 aliphatic carbocycles. The molecule has 1 unspecified atom stereocenters. The Morgan fingerprint density at radius 1 is 1.53 bits per heavy atom. The number of nitro groups is 1. The van der Waals surface area contributed by atoms with E-state index >= 15 is 0 Å². The van der Waals surface area contributed by atoms with E-state index in [9.17, 15) is 19.3 Å². The molecule has 2 N–H and O–H groups in total. The Bertz CT molecular complexity index is 491. The van der Waals surface area contributed by atoms with Crippen molar-refractivity contribution >= 4 is 17.3 Å². The fourth-order valence-electron chi connectivity index (χ4n) is 1.62. The van der Waals surface area contributed by atoms with E-state index in [1.165, 1.54) is 6.07 Å². The van der Waals surface area contributed by atoms with Gasteiger partial charge in [-0.3, -0.25) is 10.1 Å². The van der Waals surface area contributed by atoms with E-state index in [2.05, 4.69) is 5.32 Å². The Hall–Kier alpha value is -2.18. The third kappa shape index (κ3) is 4.20. The number of benzene rings is 1. The van der Waals surface area contributed by atoms with E-state index in [0.717, 1.165) is 12.1 Å². The molecule has 0 saturated heterocycles. The minimum atomic E-state index is -1.09. The number of hydrogen-bond acceptors (Lipinski definition) is 4. The van der Waals surface area contributed by atoms with Crippen LogP contribution in [-0.2, 0) is 4.79 Å². The molecule has 0 aliphatic heterocycles. The van der Waals surface area contributed by atoms with Gasteiger partial charge in [0.15, 0.2) is 5.82 Å². The first kappa shape index (κ1) is 14.9. The van der Waals surface area contributed by atoms with Crippen molar-refractivity contribution in [1.82, 2.24) is 0 Å². The highest BCUT2D eigenvalue weighted by molar-refractivity contribution is 5.77. The maximum Gasteiger partial charge on any atom is 0.326 e. The number of halogens is 1. The molecule has 0 aliphatic rings. The molecule has 1 aromatic rings. The van der Waals surface area contributed by atoms with Crippen molar-refractivity contribution in [2.24, 2.45) is 5.92 Å². The highest BCUT2D eigenvalue weighted by atomic mass is 19.1. The summed E-state index contributed by atoms with van der Waals surface area (Å²) in [5, 5.41) is 22.0. The van der Waals surface area contributed by atoms with Gasteiger partial charge in [0.05, 0.1) is 16.7 Å². The zero-order valence-electron chi connectivity index (χ0n) is 10.6. The summed E-state index contributed by atoms with van der Waals surface area (Å²) in [6, 6.07) is 2.12. The summed E-state index contributed by atoms with van der Waals surface area (Å²) in [6.45, 7) is 3.70. The molecule has 0 fully saturated rings. The number of anilines is 1. The van der Waals surface area contributed by atoms with Crippen molar-refractivity contribution in [3.63, 3.8) is 0 Å². The van der Waals surface area contributed by atoms with E-state index in [1.807, 2.05) is 13.8 Å². The fraction of sp³-hybridized carbons (Fsp3) is 0.417. The number of hydrogen-bond donors (Lipinski definition) is 2. The zero-order valence-corrected chi connectivity index (χ0v) is 10.6. The van der Waals surface area contributed by atoms with Crippen molar-refractivity contribution in [3.05, 3.63) is 34.1 Å². The van der Waals surface area contributed by atoms with Crippen LogP contribution in [0.3, 0.4) is 0 Å². The van der Waals surface area contributed by atoms with Crippen molar-refractivity contribution in [2.45, 2.75) is 26.3 Å². The minimum Gasteiger partial charge on any atom is -0.480 e. The molecule has 104 valence electrons. The summed E-state index contributed by atoms with van der Waals surface area (Å²) in [7, 11) is 0. The minimum absolute atomic E-state index is 0.0568. The van der Waals surface area contributed by atoms with E-state index in [4.69, 9.17) is 5.11 Å². The van der Waals surface area contributed by atoms with Gasteiger partial charge in [0.1, 0.15) is 6.04 Å². The molecule has 0 radical (unpaired) electrons. The number of nitrogens with one attached hydrogen (secondary N) is 1. The van der Waals surface area contributed by atoms with Gasteiger partial charge in [-0.05, 0) is 18.4 Å². The molecule has 0 aromatic heterocycles. The molecule has 1 aromatic carbocycles. The first-order chi connectivity index (χ1) is 8.81. The lowest BCUT2D eigenvalue weighted by Crippen LogP contribution is -2.31. The second kappa shape index (κ2) is 6.12. The first-order valence-electron chi connectivity index (χ1n) is 5.74. The largest absolute Gasteiger partial charge is 0.480 e. The number of nitro benzene ring substituents is 1. The Kier molecular flexibility index (Phi) is 4.80. The number of carbonyl (C=O) groups is 1. The van der Waals surface area contributed by atoms with Crippen LogP contribution >= 0.6 is 0 Å². The van der Waals surface area contributed by atoms with Gasteiger partial charge in [0.2, 0.25) is 0 Å². The van der Waals surface area contributed by atoms with Crippen molar-refractivity contribution < 1.29 is 19.2 Å². The summed E-state index contributed by atoms with van der Waals surface area (Å²) in [5.41, 5.74) is -0.433. The highest BCUT2D eigenvalue weighted by Gasteiger charge is 2.20. The van der Waals surface area contributed by atoms with Gasteiger partial charge in [-0.1, -0.05) is 13.8 Å². The molecule has 19 heavy (non-hydrogen) atoms. The lowest BCUT2D eigenvalue weighted by Gasteiger charge is -2.17.